The maximum absolute atomic E-state index is 12.3. The number of amides is 3. The quantitative estimate of drug-likeness (QED) is 0.578. The van der Waals surface area contributed by atoms with E-state index in [-0.39, 0.29) is 42.1 Å². The van der Waals surface area contributed by atoms with Crippen LogP contribution in [0.2, 0.25) is 0 Å². The van der Waals surface area contributed by atoms with Gasteiger partial charge in [0.1, 0.15) is 6.54 Å². The minimum atomic E-state index is -0.260. The van der Waals surface area contributed by atoms with E-state index in [2.05, 4.69) is 19.2 Å². The van der Waals surface area contributed by atoms with Gasteiger partial charge in [0.15, 0.2) is 0 Å². The monoisotopic (exact) mass is 320 g/mol. The largest absolute Gasteiger partial charge is 0.352 e. The first kappa shape index (κ1) is 17.7. The lowest BCUT2D eigenvalue weighted by atomic mass is 9.85. The number of hydrogen-bond donors (Lipinski definition) is 1. The van der Waals surface area contributed by atoms with E-state index in [0.717, 1.165) is 24.2 Å². The number of likely N-dealkylation sites (tertiary alicyclic amines) is 1. The molecule has 1 aliphatic carbocycles. The van der Waals surface area contributed by atoms with Gasteiger partial charge in [-0.1, -0.05) is 38.8 Å². The molecule has 0 saturated carbocycles. The molecule has 1 saturated heterocycles. The van der Waals surface area contributed by atoms with Gasteiger partial charge in [-0.25, -0.2) is 0 Å². The molecule has 3 amide bonds. The van der Waals surface area contributed by atoms with Crippen LogP contribution >= 0.6 is 0 Å². The van der Waals surface area contributed by atoms with E-state index < -0.39 is 0 Å². The second-order valence-corrected chi connectivity index (χ2v) is 7.21. The zero-order valence-electron chi connectivity index (χ0n) is 14.4. The van der Waals surface area contributed by atoms with Gasteiger partial charge in [0.05, 0.1) is 11.8 Å². The van der Waals surface area contributed by atoms with E-state index in [9.17, 15) is 14.4 Å². The van der Waals surface area contributed by atoms with E-state index >= 15 is 0 Å². The number of hydrogen-bond acceptors (Lipinski definition) is 3. The van der Waals surface area contributed by atoms with Crippen molar-refractivity contribution in [2.75, 3.05) is 6.54 Å². The van der Waals surface area contributed by atoms with E-state index in [1.165, 1.54) is 0 Å². The highest BCUT2D eigenvalue weighted by Crippen LogP contribution is 2.34. The van der Waals surface area contributed by atoms with Crippen LogP contribution in [0, 0.1) is 17.8 Å². The number of nitrogens with one attached hydrogen (secondary N) is 1. The molecule has 128 valence electrons. The van der Waals surface area contributed by atoms with E-state index in [4.69, 9.17) is 0 Å². The van der Waals surface area contributed by atoms with Crippen LogP contribution in [0.15, 0.2) is 12.2 Å². The van der Waals surface area contributed by atoms with E-state index in [1.54, 1.807) is 0 Å². The van der Waals surface area contributed by atoms with Gasteiger partial charge in [-0.15, -0.1) is 0 Å². The average molecular weight is 320 g/mol. The first-order valence-electron chi connectivity index (χ1n) is 8.69. The smallest absolute Gasteiger partial charge is 0.240 e. The number of fused-ring (bicyclic) bond motifs is 1. The summed E-state index contributed by atoms with van der Waals surface area (Å²) in [4.78, 5) is 37.9. The van der Waals surface area contributed by atoms with Crippen molar-refractivity contribution in [3.05, 3.63) is 12.2 Å². The Hall–Kier alpha value is -1.65. The predicted octanol–water partition coefficient (Wildman–Crippen LogP) is 2.27. The third kappa shape index (κ3) is 4.43. The molecule has 1 aliphatic heterocycles. The van der Waals surface area contributed by atoms with Crippen LogP contribution in [-0.2, 0) is 14.4 Å². The Morgan fingerprint density at radius 3 is 2.22 bits per heavy atom. The number of imide groups is 1. The molecule has 0 aromatic heterocycles. The molecule has 1 heterocycles. The SMILES string of the molecule is CC(C)CCC[C@@H](C)NC(=O)CN1C(=O)[C@H]2CC=CC[C@@H]2C1=O. The molecule has 0 aromatic rings. The zero-order chi connectivity index (χ0) is 17.0. The van der Waals surface area contributed by atoms with Crippen molar-refractivity contribution in [3.8, 4) is 0 Å². The topological polar surface area (TPSA) is 66.5 Å². The Bertz CT molecular complexity index is 472. The minimum Gasteiger partial charge on any atom is -0.352 e. The number of carbonyl (C=O) groups excluding carboxylic acids is 3. The summed E-state index contributed by atoms with van der Waals surface area (Å²) in [6, 6.07) is 0.0676. The van der Waals surface area contributed by atoms with Crippen molar-refractivity contribution in [2.24, 2.45) is 17.8 Å². The Morgan fingerprint density at radius 2 is 1.70 bits per heavy atom. The van der Waals surface area contributed by atoms with Crippen LogP contribution in [0.4, 0.5) is 0 Å². The van der Waals surface area contributed by atoms with Gasteiger partial charge in [-0.3, -0.25) is 19.3 Å². The third-order valence-corrected chi connectivity index (χ3v) is 4.73. The van der Waals surface area contributed by atoms with Crippen LogP contribution in [0.1, 0.15) is 52.9 Å². The Kier molecular flexibility index (Phi) is 5.97. The van der Waals surface area contributed by atoms with Crippen LogP contribution in [0.25, 0.3) is 0 Å². The molecule has 5 heteroatoms. The number of allylic oxidation sites excluding steroid dienone is 2. The highest BCUT2D eigenvalue weighted by atomic mass is 16.2. The molecule has 5 nitrogen and oxygen atoms in total. The zero-order valence-corrected chi connectivity index (χ0v) is 14.4. The summed E-state index contributed by atoms with van der Waals surface area (Å²) < 4.78 is 0. The fourth-order valence-electron chi connectivity index (χ4n) is 3.39. The molecule has 3 atom stereocenters. The number of rotatable bonds is 7. The summed E-state index contributed by atoms with van der Waals surface area (Å²) >= 11 is 0. The van der Waals surface area contributed by atoms with Crippen LogP contribution in [0.5, 0.6) is 0 Å². The molecule has 2 rings (SSSR count). The summed E-state index contributed by atoms with van der Waals surface area (Å²) in [6.07, 6.45) is 8.24. The van der Waals surface area contributed by atoms with E-state index in [0.29, 0.717) is 18.8 Å². The number of nitrogens with zero attached hydrogens (tertiary/aromatic N) is 1. The molecule has 0 spiro atoms. The summed E-state index contributed by atoms with van der Waals surface area (Å²) in [6.45, 7) is 6.19. The van der Waals surface area contributed by atoms with Crippen LogP contribution in [-0.4, -0.2) is 35.2 Å². The van der Waals surface area contributed by atoms with Crippen molar-refractivity contribution in [2.45, 2.75) is 58.9 Å². The van der Waals surface area contributed by atoms with Crippen molar-refractivity contribution < 1.29 is 14.4 Å². The third-order valence-electron chi connectivity index (χ3n) is 4.73. The van der Waals surface area contributed by atoms with Gasteiger partial charge in [0.2, 0.25) is 17.7 Å². The molecular formula is C18H28N2O3. The first-order valence-corrected chi connectivity index (χ1v) is 8.69. The van der Waals surface area contributed by atoms with Crippen LogP contribution in [0.3, 0.4) is 0 Å². The maximum atomic E-state index is 12.3. The standard InChI is InChI=1S/C18H28N2O3/c1-12(2)7-6-8-13(3)19-16(21)11-20-17(22)14-9-4-5-10-15(14)18(20)23/h4-5,12-15H,6-11H2,1-3H3,(H,19,21)/t13-,14+,15+/m1/s1. The Labute approximate surface area is 138 Å². The van der Waals surface area contributed by atoms with Crippen molar-refractivity contribution in [1.29, 1.82) is 0 Å². The predicted molar refractivity (Wildman–Crippen MR) is 88.4 cm³/mol. The highest BCUT2D eigenvalue weighted by molar-refractivity contribution is 6.07. The summed E-state index contributed by atoms with van der Waals surface area (Å²) in [7, 11) is 0. The van der Waals surface area contributed by atoms with Gasteiger partial charge in [-0.05, 0) is 32.1 Å². The minimum absolute atomic E-state index is 0.0676. The molecule has 2 aliphatic rings. The summed E-state index contributed by atoms with van der Waals surface area (Å²) in [5.41, 5.74) is 0. The van der Waals surface area contributed by atoms with E-state index in [1.807, 2.05) is 19.1 Å². The molecular weight excluding hydrogens is 292 g/mol. The van der Waals surface area contributed by atoms with Crippen molar-refractivity contribution >= 4 is 17.7 Å². The van der Waals surface area contributed by atoms with Gasteiger partial charge in [0, 0.05) is 6.04 Å². The Morgan fingerprint density at radius 1 is 1.13 bits per heavy atom. The average Bonchev–Trinajstić information content (AvgIpc) is 2.72. The molecule has 1 N–H and O–H groups in total. The molecule has 0 bridgehead atoms. The van der Waals surface area contributed by atoms with Crippen molar-refractivity contribution in [3.63, 3.8) is 0 Å². The maximum Gasteiger partial charge on any atom is 0.240 e. The van der Waals surface area contributed by atoms with Gasteiger partial charge in [-0.2, -0.15) is 0 Å². The second-order valence-electron chi connectivity index (χ2n) is 7.21. The Balaban J connectivity index is 1.81. The second kappa shape index (κ2) is 7.75. The van der Waals surface area contributed by atoms with Gasteiger partial charge < -0.3 is 5.32 Å². The molecule has 0 aromatic carbocycles. The molecule has 1 fully saturated rings. The summed E-state index contributed by atoms with van der Waals surface area (Å²) in [5, 5.41) is 2.90. The van der Waals surface area contributed by atoms with Gasteiger partial charge in [0.25, 0.3) is 0 Å². The summed E-state index contributed by atoms with van der Waals surface area (Å²) in [5.74, 6) is -0.475. The lowest BCUT2D eigenvalue weighted by molar-refractivity contribution is -0.143. The molecule has 23 heavy (non-hydrogen) atoms. The fraction of sp³-hybridized carbons (Fsp3) is 0.722. The van der Waals surface area contributed by atoms with Gasteiger partial charge >= 0.3 is 0 Å². The lowest BCUT2D eigenvalue weighted by Crippen LogP contribution is -2.43. The first-order chi connectivity index (χ1) is 10.9. The van der Waals surface area contributed by atoms with Crippen molar-refractivity contribution in [1.82, 2.24) is 10.2 Å². The molecule has 0 unspecified atom stereocenters. The molecule has 0 radical (unpaired) electrons. The fourth-order valence-corrected chi connectivity index (χ4v) is 3.39. The van der Waals surface area contributed by atoms with Crippen LogP contribution < -0.4 is 5.32 Å². The number of carbonyl (C=O) groups is 3. The highest BCUT2D eigenvalue weighted by Gasteiger charge is 2.47. The normalized spacial score (nSPS) is 25.0. The lowest BCUT2D eigenvalue weighted by Gasteiger charge is -2.18.